The molecule has 0 heterocycles. The van der Waals surface area contributed by atoms with Gasteiger partial charge in [-0.05, 0) is 19.5 Å². The summed E-state index contributed by atoms with van der Waals surface area (Å²) in [7, 11) is 0. The van der Waals surface area contributed by atoms with Crippen molar-refractivity contribution in [3.63, 3.8) is 0 Å². The van der Waals surface area contributed by atoms with Crippen LogP contribution in [0.15, 0.2) is 0 Å². The molecule has 2 nitrogen and oxygen atoms in total. The molecule has 2 heteroatoms. The molecule has 0 atom stereocenters. The van der Waals surface area contributed by atoms with Crippen molar-refractivity contribution < 1.29 is 0 Å². The minimum atomic E-state index is 0.615. The molecule has 0 rings (SSSR count). The van der Waals surface area contributed by atoms with E-state index in [1.165, 1.54) is 45.3 Å². The van der Waals surface area contributed by atoms with E-state index in [9.17, 15) is 0 Å². The SMILES string of the molecule is CCCCCCN(CC)CCNC(C)C. The van der Waals surface area contributed by atoms with Crippen LogP contribution in [-0.4, -0.2) is 37.1 Å². The Morgan fingerprint density at radius 1 is 1.00 bits per heavy atom. The van der Waals surface area contributed by atoms with Crippen molar-refractivity contribution >= 4 is 0 Å². The zero-order valence-electron chi connectivity index (χ0n) is 11.2. The van der Waals surface area contributed by atoms with Crippen molar-refractivity contribution in [3.8, 4) is 0 Å². The highest BCUT2D eigenvalue weighted by atomic mass is 15.1. The third-order valence-corrected chi connectivity index (χ3v) is 2.76. The number of hydrogen-bond acceptors (Lipinski definition) is 2. The maximum atomic E-state index is 3.47. The van der Waals surface area contributed by atoms with Crippen LogP contribution in [0.4, 0.5) is 0 Å². The van der Waals surface area contributed by atoms with Crippen LogP contribution in [0.1, 0.15) is 53.4 Å². The summed E-state index contributed by atoms with van der Waals surface area (Å²) in [4.78, 5) is 2.55. The molecule has 0 saturated heterocycles. The van der Waals surface area contributed by atoms with Crippen molar-refractivity contribution in [2.24, 2.45) is 0 Å². The van der Waals surface area contributed by atoms with Crippen molar-refractivity contribution in [1.82, 2.24) is 10.2 Å². The molecule has 0 aliphatic rings. The summed E-state index contributed by atoms with van der Waals surface area (Å²) in [5.41, 5.74) is 0. The fourth-order valence-electron chi connectivity index (χ4n) is 1.70. The molecule has 0 aliphatic heterocycles. The van der Waals surface area contributed by atoms with Gasteiger partial charge >= 0.3 is 0 Å². The Morgan fingerprint density at radius 3 is 2.27 bits per heavy atom. The minimum absolute atomic E-state index is 0.615. The second-order valence-corrected chi connectivity index (χ2v) is 4.60. The van der Waals surface area contributed by atoms with Gasteiger partial charge in [0.1, 0.15) is 0 Å². The molecule has 1 N–H and O–H groups in total. The molecule has 0 saturated carbocycles. The molecule has 0 unspecified atom stereocenters. The normalized spacial score (nSPS) is 11.6. The summed E-state index contributed by atoms with van der Waals surface area (Å²) in [6, 6.07) is 0.615. The predicted octanol–water partition coefficient (Wildman–Crippen LogP) is 2.89. The quantitative estimate of drug-likeness (QED) is 0.563. The van der Waals surface area contributed by atoms with E-state index in [0.717, 1.165) is 6.54 Å². The Morgan fingerprint density at radius 2 is 1.73 bits per heavy atom. The zero-order chi connectivity index (χ0) is 11.5. The molecule has 0 fully saturated rings. The highest BCUT2D eigenvalue weighted by Crippen LogP contribution is 2.00. The summed E-state index contributed by atoms with van der Waals surface area (Å²) in [5.74, 6) is 0. The molecule has 0 aromatic heterocycles. The van der Waals surface area contributed by atoms with Gasteiger partial charge in [-0.3, -0.25) is 0 Å². The van der Waals surface area contributed by atoms with Gasteiger partial charge in [0, 0.05) is 19.1 Å². The third-order valence-electron chi connectivity index (χ3n) is 2.76. The first-order chi connectivity index (χ1) is 7.20. The Balaban J connectivity index is 3.38. The molecule has 0 aliphatic carbocycles. The fraction of sp³-hybridized carbons (Fsp3) is 1.00. The van der Waals surface area contributed by atoms with Gasteiger partial charge in [-0.25, -0.2) is 0 Å². The van der Waals surface area contributed by atoms with Crippen molar-refractivity contribution in [1.29, 1.82) is 0 Å². The fourth-order valence-corrected chi connectivity index (χ4v) is 1.70. The molecule has 92 valence electrons. The third kappa shape index (κ3) is 10.2. The monoisotopic (exact) mass is 214 g/mol. The van der Waals surface area contributed by atoms with Gasteiger partial charge in [0.05, 0.1) is 0 Å². The van der Waals surface area contributed by atoms with E-state index in [4.69, 9.17) is 0 Å². The van der Waals surface area contributed by atoms with Gasteiger partial charge in [-0.15, -0.1) is 0 Å². The van der Waals surface area contributed by atoms with Crippen LogP contribution < -0.4 is 5.32 Å². The first kappa shape index (κ1) is 14.9. The van der Waals surface area contributed by atoms with E-state index >= 15 is 0 Å². The Bertz CT molecular complexity index is 124. The lowest BCUT2D eigenvalue weighted by molar-refractivity contribution is 0.277. The highest BCUT2D eigenvalue weighted by Gasteiger charge is 2.01. The molecule has 0 aromatic carbocycles. The number of hydrogen-bond donors (Lipinski definition) is 1. The largest absolute Gasteiger partial charge is 0.313 e. The highest BCUT2D eigenvalue weighted by molar-refractivity contribution is 4.60. The number of nitrogens with one attached hydrogen (secondary N) is 1. The molecule has 0 aromatic rings. The van der Waals surface area contributed by atoms with Crippen LogP contribution in [0.3, 0.4) is 0 Å². The second kappa shape index (κ2) is 10.4. The first-order valence-electron chi connectivity index (χ1n) is 6.66. The molecule has 0 spiro atoms. The Kier molecular flexibility index (Phi) is 10.4. The lowest BCUT2D eigenvalue weighted by Gasteiger charge is -2.21. The van der Waals surface area contributed by atoms with Gasteiger partial charge in [-0.1, -0.05) is 47.0 Å². The Labute approximate surface area is 96.4 Å². The minimum Gasteiger partial charge on any atom is -0.313 e. The van der Waals surface area contributed by atoms with Crippen LogP contribution in [0.25, 0.3) is 0 Å². The van der Waals surface area contributed by atoms with Crippen LogP contribution in [0.2, 0.25) is 0 Å². The van der Waals surface area contributed by atoms with Crippen molar-refractivity contribution in [2.45, 2.75) is 59.4 Å². The van der Waals surface area contributed by atoms with Crippen LogP contribution in [0, 0.1) is 0 Å². The second-order valence-electron chi connectivity index (χ2n) is 4.60. The van der Waals surface area contributed by atoms with Gasteiger partial charge in [0.25, 0.3) is 0 Å². The van der Waals surface area contributed by atoms with E-state index in [0.29, 0.717) is 6.04 Å². The molecule has 0 bridgehead atoms. The molecule has 0 radical (unpaired) electrons. The molecular weight excluding hydrogens is 184 g/mol. The summed E-state index contributed by atoms with van der Waals surface area (Å²) < 4.78 is 0. The topological polar surface area (TPSA) is 15.3 Å². The lowest BCUT2D eigenvalue weighted by Crippen LogP contribution is -2.35. The number of nitrogens with zero attached hydrogens (tertiary/aromatic N) is 1. The summed E-state index contributed by atoms with van der Waals surface area (Å²) in [6.45, 7) is 13.7. The van der Waals surface area contributed by atoms with E-state index in [-0.39, 0.29) is 0 Å². The average molecular weight is 214 g/mol. The van der Waals surface area contributed by atoms with Crippen LogP contribution >= 0.6 is 0 Å². The zero-order valence-corrected chi connectivity index (χ0v) is 11.2. The van der Waals surface area contributed by atoms with Gasteiger partial charge in [0.15, 0.2) is 0 Å². The van der Waals surface area contributed by atoms with E-state index < -0.39 is 0 Å². The number of unbranched alkanes of at least 4 members (excludes halogenated alkanes) is 3. The summed E-state index contributed by atoms with van der Waals surface area (Å²) >= 11 is 0. The van der Waals surface area contributed by atoms with Crippen LogP contribution in [-0.2, 0) is 0 Å². The Hall–Kier alpha value is -0.0800. The van der Waals surface area contributed by atoms with E-state index in [1.54, 1.807) is 0 Å². The van der Waals surface area contributed by atoms with Gasteiger partial charge in [0.2, 0.25) is 0 Å². The average Bonchev–Trinajstić information content (AvgIpc) is 2.21. The van der Waals surface area contributed by atoms with Crippen LogP contribution in [0.5, 0.6) is 0 Å². The lowest BCUT2D eigenvalue weighted by atomic mass is 10.2. The van der Waals surface area contributed by atoms with E-state index in [1.807, 2.05) is 0 Å². The number of likely N-dealkylation sites (N-methyl/N-ethyl adjacent to an activating group) is 1. The van der Waals surface area contributed by atoms with Gasteiger partial charge in [-0.2, -0.15) is 0 Å². The molecule has 15 heavy (non-hydrogen) atoms. The molecule has 0 amide bonds. The summed E-state index contributed by atoms with van der Waals surface area (Å²) in [6.07, 6.45) is 5.48. The van der Waals surface area contributed by atoms with Crippen molar-refractivity contribution in [2.75, 3.05) is 26.2 Å². The number of rotatable bonds is 10. The first-order valence-corrected chi connectivity index (χ1v) is 6.66. The standard InChI is InChI=1S/C13H30N2/c1-5-7-8-9-11-15(6-2)12-10-14-13(3)4/h13-14H,5-12H2,1-4H3. The smallest absolute Gasteiger partial charge is 0.0107 e. The maximum Gasteiger partial charge on any atom is 0.0107 e. The summed E-state index contributed by atoms with van der Waals surface area (Å²) in [5, 5.41) is 3.47. The predicted molar refractivity (Wildman–Crippen MR) is 69.4 cm³/mol. The maximum absolute atomic E-state index is 3.47. The van der Waals surface area contributed by atoms with E-state index in [2.05, 4.69) is 37.9 Å². The van der Waals surface area contributed by atoms with Gasteiger partial charge < -0.3 is 10.2 Å². The van der Waals surface area contributed by atoms with Crippen molar-refractivity contribution in [3.05, 3.63) is 0 Å². The molecular formula is C13H30N2.